The molecule has 3 rings (SSSR count). The van der Waals surface area contributed by atoms with E-state index in [1.165, 1.54) is 5.56 Å². The highest BCUT2D eigenvalue weighted by Gasteiger charge is 2.21. The highest BCUT2D eigenvalue weighted by atomic mass is 16.5. The standard InChI is InChI=1S/C18H23N3O2/c1-3-15-11-17(23-20-15)12-19-13(2)14-6-8-16(9-7-14)21-10-4-5-18(21)22/h6-9,11,13,19H,3-5,10,12H2,1-2H3/t13-/m1/s1. The zero-order chi connectivity index (χ0) is 16.2. The third-order valence-electron chi connectivity index (χ3n) is 4.33. The van der Waals surface area contributed by atoms with Crippen LogP contribution in [0.15, 0.2) is 34.9 Å². The Kier molecular flexibility index (Phi) is 4.76. The molecule has 122 valence electrons. The van der Waals surface area contributed by atoms with Gasteiger partial charge in [0.1, 0.15) is 0 Å². The van der Waals surface area contributed by atoms with Gasteiger partial charge in [0.2, 0.25) is 5.91 Å². The minimum Gasteiger partial charge on any atom is -0.360 e. The van der Waals surface area contributed by atoms with Gasteiger partial charge >= 0.3 is 0 Å². The number of benzene rings is 1. The molecule has 1 saturated heterocycles. The molecule has 5 nitrogen and oxygen atoms in total. The lowest BCUT2D eigenvalue weighted by atomic mass is 10.1. The van der Waals surface area contributed by atoms with Crippen LogP contribution in [0.1, 0.15) is 49.7 Å². The van der Waals surface area contributed by atoms with E-state index < -0.39 is 0 Å². The average Bonchev–Trinajstić information content (AvgIpc) is 3.21. The van der Waals surface area contributed by atoms with Crippen LogP contribution in [0.25, 0.3) is 0 Å². The van der Waals surface area contributed by atoms with Crippen molar-refractivity contribution >= 4 is 11.6 Å². The molecule has 1 aromatic carbocycles. The number of hydrogen-bond acceptors (Lipinski definition) is 4. The number of hydrogen-bond donors (Lipinski definition) is 1. The van der Waals surface area contributed by atoms with Crippen LogP contribution in [-0.4, -0.2) is 17.6 Å². The lowest BCUT2D eigenvalue weighted by Gasteiger charge is -2.18. The van der Waals surface area contributed by atoms with E-state index in [0.717, 1.165) is 36.5 Å². The molecule has 0 aliphatic carbocycles. The zero-order valence-electron chi connectivity index (χ0n) is 13.7. The number of carbonyl (C=O) groups excluding carboxylic acids is 1. The molecule has 0 saturated carbocycles. The van der Waals surface area contributed by atoms with Gasteiger partial charge in [-0.3, -0.25) is 4.79 Å². The minimum atomic E-state index is 0.202. The first-order valence-corrected chi connectivity index (χ1v) is 8.25. The predicted molar refractivity (Wildman–Crippen MR) is 89.2 cm³/mol. The molecule has 1 atom stereocenters. The Hall–Kier alpha value is -2.14. The number of aryl methyl sites for hydroxylation is 1. The molecule has 1 aliphatic rings. The van der Waals surface area contributed by atoms with Gasteiger partial charge in [0.05, 0.1) is 12.2 Å². The number of aromatic nitrogens is 1. The van der Waals surface area contributed by atoms with Gasteiger partial charge in [-0.1, -0.05) is 24.2 Å². The first-order chi connectivity index (χ1) is 11.2. The summed E-state index contributed by atoms with van der Waals surface area (Å²) in [5, 5.41) is 7.43. The molecular weight excluding hydrogens is 290 g/mol. The predicted octanol–water partition coefficient (Wildman–Crippen LogP) is 3.21. The summed E-state index contributed by atoms with van der Waals surface area (Å²) in [6.07, 6.45) is 2.50. The maximum absolute atomic E-state index is 11.8. The van der Waals surface area contributed by atoms with Crippen molar-refractivity contribution in [3.05, 3.63) is 47.3 Å². The molecule has 1 N–H and O–H groups in total. The molecule has 0 unspecified atom stereocenters. The van der Waals surface area contributed by atoms with Crippen LogP contribution in [0.5, 0.6) is 0 Å². The summed E-state index contributed by atoms with van der Waals surface area (Å²) >= 11 is 0. The molecule has 0 radical (unpaired) electrons. The Morgan fingerprint density at radius 3 is 2.74 bits per heavy atom. The van der Waals surface area contributed by atoms with Crippen molar-refractivity contribution in [3.8, 4) is 0 Å². The summed E-state index contributed by atoms with van der Waals surface area (Å²) in [6.45, 7) is 5.66. The van der Waals surface area contributed by atoms with Gasteiger partial charge in [-0.05, 0) is 37.5 Å². The second-order valence-corrected chi connectivity index (χ2v) is 5.98. The van der Waals surface area contributed by atoms with E-state index in [2.05, 4.69) is 36.5 Å². The van der Waals surface area contributed by atoms with Crippen molar-refractivity contribution in [2.24, 2.45) is 0 Å². The molecule has 2 aromatic rings. The number of carbonyl (C=O) groups is 1. The van der Waals surface area contributed by atoms with Crippen molar-refractivity contribution in [2.75, 3.05) is 11.4 Å². The van der Waals surface area contributed by atoms with E-state index in [1.807, 2.05) is 23.1 Å². The Labute approximate surface area is 136 Å². The van der Waals surface area contributed by atoms with Crippen molar-refractivity contribution in [2.45, 2.75) is 45.7 Å². The van der Waals surface area contributed by atoms with E-state index in [9.17, 15) is 4.79 Å². The van der Waals surface area contributed by atoms with Gasteiger partial charge in [0.25, 0.3) is 0 Å². The lowest BCUT2D eigenvalue weighted by molar-refractivity contribution is -0.117. The molecule has 0 spiro atoms. The number of amides is 1. The van der Waals surface area contributed by atoms with Gasteiger partial charge < -0.3 is 14.7 Å². The van der Waals surface area contributed by atoms with E-state index >= 15 is 0 Å². The molecule has 1 aliphatic heterocycles. The molecule has 1 amide bonds. The number of nitrogens with zero attached hydrogens (tertiary/aromatic N) is 2. The molecule has 23 heavy (non-hydrogen) atoms. The number of rotatable bonds is 6. The van der Waals surface area contributed by atoms with Crippen LogP contribution in [0.2, 0.25) is 0 Å². The van der Waals surface area contributed by atoms with Gasteiger partial charge in [0, 0.05) is 30.8 Å². The summed E-state index contributed by atoms with van der Waals surface area (Å²) in [4.78, 5) is 13.6. The third-order valence-corrected chi connectivity index (χ3v) is 4.33. The van der Waals surface area contributed by atoms with Crippen molar-refractivity contribution in [1.29, 1.82) is 0 Å². The Morgan fingerprint density at radius 2 is 2.13 bits per heavy atom. The maximum Gasteiger partial charge on any atom is 0.227 e. The van der Waals surface area contributed by atoms with Crippen LogP contribution in [0.4, 0.5) is 5.69 Å². The monoisotopic (exact) mass is 313 g/mol. The van der Waals surface area contributed by atoms with Crippen LogP contribution >= 0.6 is 0 Å². The zero-order valence-corrected chi connectivity index (χ0v) is 13.7. The van der Waals surface area contributed by atoms with E-state index in [-0.39, 0.29) is 11.9 Å². The summed E-state index contributed by atoms with van der Waals surface area (Å²) in [7, 11) is 0. The fourth-order valence-corrected chi connectivity index (χ4v) is 2.84. The summed E-state index contributed by atoms with van der Waals surface area (Å²) in [5.74, 6) is 1.08. The Morgan fingerprint density at radius 1 is 1.35 bits per heavy atom. The van der Waals surface area contributed by atoms with Crippen LogP contribution < -0.4 is 10.2 Å². The number of anilines is 1. The van der Waals surface area contributed by atoms with Crippen molar-refractivity contribution < 1.29 is 9.32 Å². The van der Waals surface area contributed by atoms with Crippen LogP contribution in [0.3, 0.4) is 0 Å². The maximum atomic E-state index is 11.8. The smallest absolute Gasteiger partial charge is 0.227 e. The minimum absolute atomic E-state index is 0.202. The molecule has 0 bridgehead atoms. The number of nitrogens with one attached hydrogen (secondary N) is 1. The van der Waals surface area contributed by atoms with Gasteiger partial charge in [-0.2, -0.15) is 0 Å². The van der Waals surface area contributed by atoms with Gasteiger partial charge in [0.15, 0.2) is 5.76 Å². The third kappa shape index (κ3) is 3.62. The quantitative estimate of drug-likeness (QED) is 0.889. The Bertz CT molecular complexity index is 663. The summed E-state index contributed by atoms with van der Waals surface area (Å²) in [5.41, 5.74) is 3.16. The van der Waals surface area contributed by atoms with Crippen LogP contribution in [-0.2, 0) is 17.8 Å². The molecule has 1 aromatic heterocycles. The summed E-state index contributed by atoms with van der Waals surface area (Å²) in [6, 6.07) is 10.4. The van der Waals surface area contributed by atoms with Gasteiger partial charge in [-0.25, -0.2) is 0 Å². The molecular formula is C18H23N3O2. The summed E-state index contributed by atoms with van der Waals surface area (Å²) < 4.78 is 5.28. The second kappa shape index (κ2) is 6.96. The second-order valence-electron chi connectivity index (χ2n) is 5.98. The van der Waals surface area contributed by atoms with Gasteiger partial charge in [-0.15, -0.1) is 0 Å². The SMILES string of the molecule is CCc1cc(CN[C@H](C)c2ccc(N3CCCC3=O)cc2)on1. The van der Waals surface area contributed by atoms with Crippen molar-refractivity contribution in [1.82, 2.24) is 10.5 Å². The van der Waals surface area contributed by atoms with Crippen molar-refractivity contribution in [3.63, 3.8) is 0 Å². The highest BCUT2D eigenvalue weighted by molar-refractivity contribution is 5.95. The highest BCUT2D eigenvalue weighted by Crippen LogP contribution is 2.23. The molecule has 2 heterocycles. The first kappa shape index (κ1) is 15.7. The largest absolute Gasteiger partial charge is 0.360 e. The topological polar surface area (TPSA) is 58.4 Å². The molecule has 5 heteroatoms. The van der Waals surface area contributed by atoms with E-state index in [4.69, 9.17) is 4.52 Å². The Balaban J connectivity index is 1.58. The molecule has 1 fully saturated rings. The fraction of sp³-hybridized carbons (Fsp3) is 0.444. The normalized spacial score (nSPS) is 16.1. The first-order valence-electron chi connectivity index (χ1n) is 8.25. The van der Waals surface area contributed by atoms with Crippen LogP contribution in [0, 0.1) is 0 Å². The van der Waals surface area contributed by atoms with E-state index in [1.54, 1.807) is 0 Å². The lowest BCUT2D eigenvalue weighted by Crippen LogP contribution is -2.23. The fourth-order valence-electron chi connectivity index (χ4n) is 2.84. The average molecular weight is 313 g/mol. The van der Waals surface area contributed by atoms with E-state index in [0.29, 0.717) is 13.0 Å².